The number of hydrogen-bond acceptors (Lipinski definition) is 4. The van der Waals surface area contributed by atoms with E-state index >= 15 is 0 Å². The second kappa shape index (κ2) is 7.28. The Balaban J connectivity index is 1.80. The summed E-state index contributed by atoms with van der Waals surface area (Å²) in [5.41, 5.74) is 0.675. The molecule has 0 saturated heterocycles. The van der Waals surface area contributed by atoms with Crippen molar-refractivity contribution < 1.29 is 13.2 Å². The van der Waals surface area contributed by atoms with Crippen molar-refractivity contribution in [2.75, 3.05) is 7.05 Å². The lowest BCUT2D eigenvalue weighted by Crippen LogP contribution is -2.22. The van der Waals surface area contributed by atoms with E-state index in [9.17, 15) is 8.78 Å². The second-order valence-electron chi connectivity index (χ2n) is 5.73. The number of furan rings is 1. The molecule has 0 spiro atoms. The molecule has 2 heterocycles. The largest absolute Gasteiger partial charge is 0.461 e. The smallest absolute Gasteiger partial charge is 0.199 e. The summed E-state index contributed by atoms with van der Waals surface area (Å²) in [5.74, 6) is -0.384. The van der Waals surface area contributed by atoms with Crippen LogP contribution in [0, 0.1) is 16.4 Å². The molecule has 0 fully saturated rings. The number of hydrogen-bond donors (Lipinski definition) is 0. The molecule has 0 amide bonds. The minimum Gasteiger partial charge on any atom is -0.461 e. The molecule has 0 radical (unpaired) electrons. The van der Waals surface area contributed by atoms with Crippen LogP contribution in [0.2, 0.25) is 0 Å². The lowest BCUT2D eigenvalue weighted by molar-refractivity contribution is 0.243. The van der Waals surface area contributed by atoms with E-state index in [0.29, 0.717) is 41.7 Å². The van der Waals surface area contributed by atoms with Crippen molar-refractivity contribution in [1.82, 2.24) is 19.2 Å². The molecule has 5 nitrogen and oxygen atoms in total. The number of benzene rings is 1. The highest BCUT2D eigenvalue weighted by molar-refractivity contribution is 7.71. The van der Waals surface area contributed by atoms with Gasteiger partial charge in [-0.1, -0.05) is 6.07 Å². The highest BCUT2D eigenvalue weighted by Crippen LogP contribution is 2.19. The maximum atomic E-state index is 13.3. The van der Waals surface area contributed by atoms with Crippen molar-refractivity contribution in [1.29, 1.82) is 0 Å². The molecule has 132 valence electrons. The van der Waals surface area contributed by atoms with Gasteiger partial charge in [0.25, 0.3) is 0 Å². The van der Waals surface area contributed by atoms with Gasteiger partial charge in [-0.3, -0.25) is 9.47 Å². The molecule has 0 atom stereocenters. The summed E-state index contributed by atoms with van der Waals surface area (Å²) >= 11 is 5.49. The summed E-state index contributed by atoms with van der Waals surface area (Å²) in [7, 11) is 1.86. The van der Waals surface area contributed by atoms with Gasteiger partial charge in [-0.05, 0) is 56.0 Å². The molecule has 2 aromatic heterocycles. The molecule has 8 heteroatoms. The van der Waals surface area contributed by atoms with Crippen molar-refractivity contribution in [3.8, 4) is 11.6 Å². The van der Waals surface area contributed by atoms with Gasteiger partial charge in [0, 0.05) is 13.1 Å². The Hall–Kier alpha value is -2.32. The number of aromatic nitrogens is 3. The normalized spacial score (nSPS) is 11.4. The molecule has 25 heavy (non-hydrogen) atoms. The average molecular weight is 364 g/mol. The first-order valence-electron chi connectivity index (χ1n) is 7.83. The monoisotopic (exact) mass is 364 g/mol. The topological polar surface area (TPSA) is 39.1 Å². The van der Waals surface area contributed by atoms with Crippen LogP contribution in [0.3, 0.4) is 0 Å². The van der Waals surface area contributed by atoms with E-state index in [1.54, 1.807) is 23.1 Å². The highest BCUT2D eigenvalue weighted by atomic mass is 32.1. The summed E-state index contributed by atoms with van der Waals surface area (Å²) in [4.78, 5) is 1.92. The van der Waals surface area contributed by atoms with Gasteiger partial charge in [-0.2, -0.15) is 0 Å². The molecule has 0 unspecified atom stereocenters. The number of halogens is 2. The molecular weight excluding hydrogens is 346 g/mol. The molecule has 1 aromatic carbocycles. The lowest BCUT2D eigenvalue weighted by atomic mass is 10.2. The van der Waals surface area contributed by atoms with E-state index in [2.05, 4.69) is 5.10 Å². The SMILES string of the molecule is CCn1c(-c2ccco2)nn(CN(C)Cc2ccc(F)c(F)c2)c1=S. The minimum absolute atomic E-state index is 0.415. The Morgan fingerprint density at radius 2 is 2.04 bits per heavy atom. The van der Waals surface area contributed by atoms with E-state index in [-0.39, 0.29) is 0 Å². The third kappa shape index (κ3) is 3.69. The quantitative estimate of drug-likeness (QED) is 0.619. The van der Waals surface area contributed by atoms with Crippen LogP contribution in [0.25, 0.3) is 11.6 Å². The summed E-state index contributed by atoms with van der Waals surface area (Å²) in [6.45, 7) is 3.51. The third-order valence-electron chi connectivity index (χ3n) is 3.79. The first-order chi connectivity index (χ1) is 12.0. The third-order valence-corrected chi connectivity index (χ3v) is 4.22. The lowest BCUT2D eigenvalue weighted by Gasteiger charge is -2.16. The van der Waals surface area contributed by atoms with Crippen molar-refractivity contribution in [2.45, 2.75) is 26.7 Å². The van der Waals surface area contributed by atoms with Crippen molar-refractivity contribution in [2.24, 2.45) is 0 Å². The van der Waals surface area contributed by atoms with E-state index in [4.69, 9.17) is 16.6 Å². The van der Waals surface area contributed by atoms with Crippen molar-refractivity contribution in [3.63, 3.8) is 0 Å². The van der Waals surface area contributed by atoms with Gasteiger partial charge in [0.05, 0.1) is 12.9 Å². The van der Waals surface area contributed by atoms with Crippen molar-refractivity contribution in [3.05, 3.63) is 58.6 Å². The zero-order valence-corrected chi connectivity index (χ0v) is 14.8. The van der Waals surface area contributed by atoms with E-state index < -0.39 is 11.6 Å². The maximum Gasteiger partial charge on any atom is 0.199 e. The summed E-state index contributed by atoms with van der Waals surface area (Å²) in [6.07, 6.45) is 1.59. The molecule has 0 aliphatic rings. The Kier molecular flexibility index (Phi) is 5.10. The zero-order valence-electron chi connectivity index (χ0n) is 13.9. The predicted octanol–water partition coefficient (Wildman–Crippen LogP) is 4.06. The fourth-order valence-electron chi connectivity index (χ4n) is 2.63. The highest BCUT2D eigenvalue weighted by Gasteiger charge is 2.15. The van der Waals surface area contributed by atoms with Gasteiger partial charge in [-0.15, -0.1) is 5.10 Å². The standard InChI is InChI=1S/C17H18F2N4OS/c1-3-22-16(15-5-4-8-24-15)20-23(17(22)25)11-21(2)10-12-6-7-13(18)14(19)9-12/h4-9H,3,10-11H2,1-2H3. The van der Waals surface area contributed by atoms with Gasteiger partial charge in [0.2, 0.25) is 0 Å². The number of nitrogens with zero attached hydrogens (tertiary/aromatic N) is 4. The van der Waals surface area contributed by atoms with Crippen LogP contribution in [0.5, 0.6) is 0 Å². The first-order valence-corrected chi connectivity index (χ1v) is 8.24. The summed E-state index contributed by atoms with van der Waals surface area (Å²) < 4.78 is 35.9. The summed E-state index contributed by atoms with van der Waals surface area (Å²) in [5, 5.41) is 4.54. The van der Waals surface area contributed by atoms with Crippen LogP contribution < -0.4 is 0 Å². The molecule has 0 saturated carbocycles. The second-order valence-corrected chi connectivity index (χ2v) is 6.10. The van der Waals surface area contributed by atoms with Crippen LogP contribution in [0.4, 0.5) is 8.78 Å². The predicted molar refractivity (Wildman–Crippen MR) is 92.3 cm³/mol. The van der Waals surface area contributed by atoms with E-state index in [1.165, 1.54) is 6.07 Å². The minimum atomic E-state index is -0.849. The Bertz CT molecular complexity index is 917. The van der Waals surface area contributed by atoms with Crippen LogP contribution >= 0.6 is 12.2 Å². The average Bonchev–Trinajstić information content (AvgIpc) is 3.20. The zero-order chi connectivity index (χ0) is 18.0. The molecule has 0 bridgehead atoms. The van der Waals surface area contributed by atoms with Gasteiger partial charge in [0.1, 0.15) is 0 Å². The molecule has 0 aliphatic carbocycles. The Morgan fingerprint density at radius 3 is 2.68 bits per heavy atom. The maximum absolute atomic E-state index is 13.3. The van der Waals surface area contributed by atoms with Crippen LogP contribution in [-0.2, 0) is 19.8 Å². The van der Waals surface area contributed by atoms with Gasteiger partial charge in [0.15, 0.2) is 28.0 Å². The summed E-state index contributed by atoms with van der Waals surface area (Å²) in [6, 6.07) is 7.52. The number of rotatable bonds is 6. The molecule has 3 aromatic rings. The van der Waals surface area contributed by atoms with E-state index in [0.717, 1.165) is 6.07 Å². The fourth-order valence-corrected chi connectivity index (χ4v) is 2.95. The van der Waals surface area contributed by atoms with Gasteiger partial charge >= 0.3 is 0 Å². The molecule has 3 rings (SSSR count). The van der Waals surface area contributed by atoms with E-state index in [1.807, 2.05) is 29.5 Å². The van der Waals surface area contributed by atoms with Crippen LogP contribution in [0.15, 0.2) is 41.0 Å². The van der Waals surface area contributed by atoms with Crippen LogP contribution in [-0.4, -0.2) is 26.3 Å². The van der Waals surface area contributed by atoms with Gasteiger partial charge < -0.3 is 4.42 Å². The molecule has 0 N–H and O–H groups in total. The molecule has 0 aliphatic heterocycles. The first kappa shape index (κ1) is 17.5. The molecular formula is C17H18F2N4OS. The van der Waals surface area contributed by atoms with Crippen LogP contribution in [0.1, 0.15) is 12.5 Å². The Labute approximate surface area is 149 Å². The van der Waals surface area contributed by atoms with Gasteiger partial charge in [-0.25, -0.2) is 13.5 Å². The Morgan fingerprint density at radius 1 is 1.24 bits per heavy atom. The van der Waals surface area contributed by atoms with Crippen molar-refractivity contribution >= 4 is 12.2 Å². The fraction of sp³-hybridized carbons (Fsp3) is 0.294.